The first-order valence-corrected chi connectivity index (χ1v) is 8.64. The van der Waals surface area contributed by atoms with Crippen LogP contribution < -0.4 is 14.8 Å². The van der Waals surface area contributed by atoms with Gasteiger partial charge in [-0.15, -0.1) is 6.58 Å². The van der Waals surface area contributed by atoms with E-state index in [1.165, 1.54) is 5.56 Å². The molecule has 1 fully saturated rings. The fraction of sp³-hybridized carbons (Fsp3) is 0.579. The minimum atomic E-state index is 0.243. The van der Waals surface area contributed by atoms with Gasteiger partial charge in [0, 0.05) is 19.1 Å². The number of hydrogen-bond donors (Lipinski definition) is 1. The highest BCUT2D eigenvalue weighted by Gasteiger charge is 2.14. The smallest absolute Gasteiger partial charge is 0.161 e. The summed E-state index contributed by atoms with van der Waals surface area (Å²) in [5.41, 5.74) is 1.19. The number of benzene rings is 1. The Balaban J connectivity index is 1.87. The van der Waals surface area contributed by atoms with Crippen LogP contribution >= 0.6 is 0 Å². The van der Waals surface area contributed by atoms with E-state index >= 15 is 0 Å². The van der Waals surface area contributed by atoms with Crippen molar-refractivity contribution in [3.8, 4) is 11.5 Å². The molecule has 1 saturated heterocycles. The summed E-state index contributed by atoms with van der Waals surface area (Å²) >= 11 is 0. The molecule has 1 N–H and O–H groups in total. The van der Waals surface area contributed by atoms with Crippen molar-refractivity contribution in [1.29, 1.82) is 0 Å². The highest BCUT2D eigenvalue weighted by Crippen LogP contribution is 2.31. The molecule has 2 rings (SSSR count). The lowest BCUT2D eigenvalue weighted by Crippen LogP contribution is -2.38. The third-order valence-electron chi connectivity index (χ3n) is 4.36. The van der Waals surface area contributed by atoms with Crippen LogP contribution in [0.15, 0.2) is 30.9 Å². The average Bonchev–Trinajstić information content (AvgIpc) is 2.64. The average molecular weight is 334 g/mol. The van der Waals surface area contributed by atoms with Crippen molar-refractivity contribution in [3.05, 3.63) is 36.4 Å². The van der Waals surface area contributed by atoms with E-state index in [2.05, 4.69) is 22.9 Å². The topological polar surface area (TPSA) is 43.0 Å². The van der Waals surface area contributed by atoms with Gasteiger partial charge in [-0.25, -0.2) is 0 Å². The maximum Gasteiger partial charge on any atom is 0.161 e. The third-order valence-corrected chi connectivity index (χ3v) is 4.36. The molecule has 1 aliphatic heterocycles. The van der Waals surface area contributed by atoms with Gasteiger partial charge in [-0.2, -0.15) is 0 Å². The van der Waals surface area contributed by atoms with Crippen LogP contribution in [0.2, 0.25) is 0 Å². The predicted octanol–water partition coefficient (Wildman–Crippen LogP) is 2.63. The van der Waals surface area contributed by atoms with E-state index in [1.54, 1.807) is 14.2 Å². The van der Waals surface area contributed by atoms with Crippen molar-refractivity contribution >= 4 is 0 Å². The lowest BCUT2D eigenvalue weighted by Gasteiger charge is -2.27. The zero-order valence-corrected chi connectivity index (χ0v) is 14.9. The third kappa shape index (κ3) is 5.51. The first-order chi connectivity index (χ1) is 11.8. The van der Waals surface area contributed by atoms with Crippen molar-refractivity contribution < 1.29 is 14.2 Å². The van der Waals surface area contributed by atoms with E-state index in [-0.39, 0.29) is 6.04 Å². The highest BCUT2D eigenvalue weighted by molar-refractivity contribution is 5.43. The van der Waals surface area contributed by atoms with Gasteiger partial charge in [0.2, 0.25) is 0 Å². The molecule has 0 bridgehead atoms. The number of hydrogen-bond acceptors (Lipinski definition) is 5. The molecule has 0 spiro atoms. The van der Waals surface area contributed by atoms with Crippen LogP contribution in [0.1, 0.15) is 24.4 Å². The molecule has 1 aliphatic rings. The molecule has 0 unspecified atom stereocenters. The summed E-state index contributed by atoms with van der Waals surface area (Å²) in [6.07, 6.45) is 3.96. The molecule has 0 aliphatic carbocycles. The van der Waals surface area contributed by atoms with Crippen LogP contribution in [0.3, 0.4) is 0 Å². The van der Waals surface area contributed by atoms with Crippen LogP contribution in [0.4, 0.5) is 0 Å². The van der Waals surface area contributed by atoms with E-state index in [1.807, 2.05) is 18.2 Å². The Hall–Kier alpha value is -1.56. The Morgan fingerprint density at radius 2 is 2.00 bits per heavy atom. The SMILES string of the molecule is C=CC[C@H](NCCCN1CCOCC1)c1ccc(OC)c(OC)c1. The maximum atomic E-state index is 5.41. The predicted molar refractivity (Wildman–Crippen MR) is 97.0 cm³/mol. The summed E-state index contributed by atoms with van der Waals surface area (Å²) in [6.45, 7) is 9.79. The van der Waals surface area contributed by atoms with Crippen molar-refractivity contribution in [2.45, 2.75) is 18.9 Å². The summed E-state index contributed by atoms with van der Waals surface area (Å²) in [6, 6.07) is 6.33. The largest absolute Gasteiger partial charge is 0.493 e. The molecule has 5 nitrogen and oxygen atoms in total. The zero-order valence-electron chi connectivity index (χ0n) is 14.9. The molecule has 0 radical (unpaired) electrons. The molecule has 0 saturated carbocycles. The Morgan fingerprint density at radius 3 is 2.67 bits per heavy atom. The molecule has 1 aromatic carbocycles. The number of rotatable bonds is 10. The molecule has 0 aromatic heterocycles. The second-order valence-corrected chi connectivity index (χ2v) is 5.95. The molecule has 1 aromatic rings. The molecule has 1 heterocycles. The van der Waals surface area contributed by atoms with Crippen molar-refractivity contribution in [1.82, 2.24) is 10.2 Å². The van der Waals surface area contributed by atoms with Gasteiger partial charge in [-0.05, 0) is 43.6 Å². The summed E-state index contributed by atoms with van der Waals surface area (Å²) in [5, 5.41) is 3.64. The van der Waals surface area contributed by atoms with Gasteiger partial charge in [0.1, 0.15) is 0 Å². The number of ether oxygens (including phenoxy) is 3. The molecule has 1 atom stereocenters. The lowest BCUT2D eigenvalue weighted by molar-refractivity contribution is 0.0374. The highest BCUT2D eigenvalue weighted by atomic mass is 16.5. The molecule has 0 amide bonds. The van der Waals surface area contributed by atoms with Gasteiger partial charge < -0.3 is 19.5 Å². The normalized spacial score (nSPS) is 16.6. The molecule has 24 heavy (non-hydrogen) atoms. The molecule has 134 valence electrons. The number of morpholine rings is 1. The van der Waals surface area contributed by atoms with Crippen molar-refractivity contribution in [2.75, 3.05) is 53.6 Å². The van der Waals surface area contributed by atoms with E-state index in [9.17, 15) is 0 Å². The molecule has 5 heteroatoms. The van der Waals surface area contributed by atoms with E-state index in [0.717, 1.165) is 63.7 Å². The summed E-state index contributed by atoms with van der Waals surface area (Å²) in [4.78, 5) is 2.46. The van der Waals surface area contributed by atoms with Crippen LogP contribution in [-0.4, -0.2) is 58.5 Å². The fourth-order valence-corrected chi connectivity index (χ4v) is 2.98. The van der Waals surface area contributed by atoms with Crippen molar-refractivity contribution in [2.24, 2.45) is 0 Å². The first-order valence-electron chi connectivity index (χ1n) is 8.64. The van der Waals surface area contributed by atoms with E-state index in [4.69, 9.17) is 14.2 Å². The Kier molecular flexibility index (Phi) is 8.08. The molecular weight excluding hydrogens is 304 g/mol. The van der Waals surface area contributed by atoms with Crippen LogP contribution in [0.5, 0.6) is 11.5 Å². The lowest BCUT2D eigenvalue weighted by atomic mass is 10.0. The monoisotopic (exact) mass is 334 g/mol. The standard InChI is InChI=1S/C19H30N2O3/c1-4-6-17(16-7-8-18(22-2)19(15-16)23-3)20-9-5-10-21-11-13-24-14-12-21/h4,7-8,15,17,20H,1,5-6,9-14H2,2-3H3/t17-/m0/s1. The summed E-state index contributed by atoms with van der Waals surface area (Å²) in [5.74, 6) is 1.52. The van der Waals surface area contributed by atoms with Crippen LogP contribution in [0.25, 0.3) is 0 Å². The van der Waals surface area contributed by atoms with E-state index < -0.39 is 0 Å². The van der Waals surface area contributed by atoms with Crippen LogP contribution in [0, 0.1) is 0 Å². The summed E-state index contributed by atoms with van der Waals surface area (Å²) in [7, 11) is 3.32. The Bertz CT molecular complexity index is 501. The number of methoxy groups -OCH3 is 2. The second kappa shape index (κ2) is 10.3. The maximum absolute atomic E-state index is 5.41. The fourth-order valence-electron chi connectivity index (χ4n) is 2.98. The van der Waals surface area contributed by atoms with Gasteiger partial charge >= 0.3 is 0 Å². The molecular formula is C19H30N2O3. The van der Waals surface area contributed by atoms with Gasteiger partial charge in [0.15, 0.2) is 11.5 Å². The zero-order chi connectivity index (χ0) is 17.2. The van der Waals surface area contributed by atoms with Crippen molar-refractivity contribution in [3.63, 3.8) is 0 Å². The van der Waals surface area contributed by atoms with Gasteiger partial charge in [-0.3, -0.25) is 4.90 Å². The van der Waals surface area contributed by atoms with Gasteiger partial charge in [0.05, 0.1) is 27.4 Å². The Labute approximate surface area is 145 Å². The van der Waals surface area contributed by atoms with Gasteiger partial charge in [-0.1, -0.05) is 12.1 Å². The quantitative estimate of drug-likeness (QED) is 0.526. The first kappa shape index (κ1) is 18.8. The van der Waals surface area contributed by atoms with E-state index in [0.29, 0.717) is 0 Å². The number of nitrogens with one attached hydrogen (secondary N) is 1. The Morgan fingerprint density at radius 1 is 1.25 bits per heavy atom. The number of nitrogens with zero attached hydrogens (tertiary/aromatic N) is 1. The second-order valence-electron chi connectivity index (χ2n) is 5.95. The summed E-state index contributed by atoms with van der Waals surface area (Å²) < 4.78 is 16.1. The van der Waals surface area contributed by atoms with Gasteiger partial charge in [0.25, 0.3) is 0 Å². The minimum absolute atomic E-state index is 0.243. The van der Waals surface area contributed by atoms with Crippen LogP contribution in [-0.2, 0) is 4.74 Å². The minimum Gasteiger partial charge on any atom is -0.493 e.